The summed E-state index contributed by atoms with van der Waals surface area (Å²) in [6.07, 6.45) is -3.71. The van der Waals surface area contributed by atoms with Gasteiger partial charge in [-0.2, -0.15) is 13.2 Å². The molecule has 1 atom stereocenters. The van der Waals surface area contributed by atoms with Crippen LogP contribution in [0.15, 0.2) is 53.6 Å². The molecule has 6 nitrogen and oxygen atoms in total. The molecule has 30 heavy (non-hydrogen) atoms. The van der Waals surface area contributed by atoms with Crippen molar-refractivity contribution in [3.8, 4) is 0 Å². The predicted molar refractivity (Wildman–Crippen MR) is 109 cm³/mol. The smallest absolute Gasteiger partial charge is 0.293 e. The van der Waals surface area contributed by atoms with Crippen LogP contribution >= 0.6 is 11.8 Å². The van der Waals surface area contributed by atoms with Gasteiger partial charge in [-0.15, -0.1) is 0 Å². The zero-order valence-electron chi connectivity index (χ0n) is 15.8. The van der Waals surface area contributed by atoms with Crippen molar-refractivity contribution < 1.29 is 26.4 Å². The van der Waals surface area contributed by atoms with E-state index in [-0.39, 0.29) is 16.3 Å². The minimum atomic E-state index is -4.71. The van der Waals surface area contributed by atoms with Gasteiger partial charge in [-0.1, -0.05) is 30.0 Å². The number of fused-ring (bicyclic) bond motifs is 1. The minimum Gasteiger partial charge on any atom is -0.293 e. The van der Waals surface area contributed by atoms with E-state index in [1.165, 1.54) is 30.3 Å². The van der Waals surface area contributed by atoms with Gasteiger partial charge >= 0.3 is 6.18 Å². The Bertz CT molecular complexity index is 1200. The summed E-state index contributed by atoms with van der Waals surface area (Å²) in [5, 5.41) is -0.259. The SMILES string of the molecule is CC(Sc1nc(C(F)(F)F)nc2ccccc12)C(=O)c1ccc(NS(C)(=O)=O)cc1. The van der Waals surface area contributed by atoms with Crippen molar-refractivity contribution in [3.05, 3.63) is 59.9 Å². The van der Waals surface area contributed by atoms with Crippen LogP contribution in [-0.2, 0) is 16.2 Å². The molecule has 0 radical (unpaired) electrons. The monoisotopic (exact) mass is 455 g/mol. The van der Waals surface area contributed by atoms with E-state index in [0.717, 1.165) is 18.0 Å². The van der Waals surface area contributed by atoms with Gasteiger partial charge < -0.3 is 0 Å². The maximum atomic E-state index is 13.2. The molecule has 0 aliphatic rings. The van der Waals surface area contributed by atoms with Crippen molar-refractivity contribution >= 4 is 44.2 Å². The number of thioether (sulfide) groups is 1. The topological polar surface area (TPSA) is 89.0 Å². The second-order valence-electron chi connectivity index (χ2n) is 6.44. The highest BCUT2D eigenvalue weighted by atomic mass is 32.2. The van der Waals surface area contributed by atoms with Crippen molar-refractivity contribution in [1.82, 2.24) is 9.97 Å². The van der Waals surface area contributed by atoms with Crippen LogP contribution in [0.3, 0.4) is 0 Å². The van der Waals surface area contributed by atoms with E-state index in [4.69, 9.17) is 0 Å². The van der Waals surface area contributed by atoms with Crippen molar-refractivity contribution in [1.29, 1.82) is 0 Å². The number of para-hydroxylation sites is 1. The summed E-state index contributed by atoms with van der Waals surface area (Å²) < 4.78 is 64.3. The number of nitrogens with one attached hydrogen (secondary N) is 1. The van der Waals surface area contributed by atoms with Gasteiger partial charge in [0.2, 0.25) is 15.8 Å². The Hall–Kier alpha value is -2.66. The highest BCUT2D eigenvalue weighted by Crippen LogP contribution is 2.34. The van der Waals surface area contributed by atoms with Gasteiger partial charge in [0, 0.05) is 16.6 Å². The van der Waals surface area contributed by atoms with Crippen LogP contribution in [0.5, 0.6) is 0 Å². The first-order valence-electron chi connectivity index (χ1n) is 8.57. The summed E-state index contributed by atoms with van der Waals surface area (Å²) in [5.74, 6) is -1.60. The molecule has 0 saturated heterocycles. The normalized spacial score (nSPS) is 13.2. The third-order valence-corrected chi connectivity index (χ3v) is 5.66. The number of benzene rings is 2. The molecule has 0 spiro atoms. The van der Waals surface area contributed by atoms with Crippen molar-refractivity contribution in [2.24, 2.45) is 0 Å². The van der Waals surface area contributed by atoms with Crippen LogP contribution in [0.4, 0.5) is 18.9 Å². The predicted octanol–water partition coefficient (Wildman–Crippen LogP) is 4.38. The highest BCUT2D eigenvalue weighted by Gasteiger charge is 2.36. The van der Waals surface area contributed by atoms with E-state index in [1.807, 2.05) is 0 Å². The van der Waals surface area contributed by atoms with Gasteiger partial charge in [0.25, 0.3) is 0 Å². The molecule has 158 valence electrons. The van der Waals surface area contributed by atoms with E-state index >= 15 is 0 Å². The van der Waals surface area contributed by atoms with E-state index in [1.54, 1.807) is 25.1 Å². The number of Topliss-reactive ketones (excluding diaryl/α,β-unsaturated/α-hetero) is 1. The summed E-state index contributed by atoms with van der Waals surface area (Å²) in [5.41, 5.74) is 0.729. The molecule has 1 heterocycles. The fourth-order valence-corrected chi connectivity index (χ4v) is 4.22. The molecule has 0 amide bonds. The second-order valence-corrected chi connectivity index (χ2v) is 9.52. The molecule has 3 aromatic rings. The van der Waals surface area contributed by atoms with E-state index in [2.05, 4.69) is 14.7 Å². The average Bonchev–Trinajstić information content (AvgIpc) is 2.66. The zero-order chi connectivity index (χ0) is 22.1. The molecule has 11 heteroatoms. The molecular formula is C19H16F3N3O3S2. The lowest BCUT2D eigenvalue weighted by Gasteiger charge is -2.14. The first-order valence-corrected chi connectivity index (χ1v) is 11.3. The van der Waals surface area contributed by atoms with Crippen LogP contribution in [0.1, 0.15) is 23.1 Å². The van der Waals surface area contributed by atoms with E-state index < -0.39 is 27.3 Å². The number of carbonyl (C=O) groups is 1. The molecular weight excluding hydrogens is 439 g/mol. The van der Waals surface area contributed by atoms with Crippen LogP contribution < -0.4 is 4.72 Å². The molecule has 1 unspecified atom stereocenters. The zero-order valence-corrected chi connectivity index (χ0v) is 17.4. The largest absolute Gasteiger partial charge is 0.451 e. The molecule has 1 aromatic heterocycles. The van der Waals surface area contributed by atoms with Crippen molar-refractivity contribution in [3.63, 3.8) is 0 Å². The molecule has 0 fully saturated rings. The van der Waals surface area contributed by atoms with Gasteiger partial charge in [0.05, 0.1) is 17.0 Å². The summed E-state index contributed by atoms with van der Waals surface area (Å²) in [6.45, 7) is 1.57. The first-order chi connectivity index (χ1) is 13.9. The molecule has 2 aromatic carbocycles. The number of ketones is 1. The van der Waals surface area contributed by atoms with E-state index in [0.29, 0.717) is 16.6 Å². The van der Waals surface area contributed by atoms with Crippen LogP contribution in [0, 0.1) is 0 Å². The third kappa shape index (κ3) is 5.28. The Morgan fingerprint density at radius 2 is 1.70 bits per heavy atom. The number of sulfonamides is 1. The van der Waals surface area contributed by atoms with Gasteiger partial charge in [0.15, 0.2) is 5.78 Å². The Morgan fingerprint density at radius 3 is 2.30 bits per heavy atom. The number of alkyl halides is 3. The summed E-state index contributed by atoms with van der Waals surface area (Å²) in [7, 11) is -3.45. The Kier molecular flexibility index (Phi) is 6.04. The number of aromatic nitrogens is 2. The van der Waals surface area contributed by atoms with Gasteiger partial charge in [-0.3, -0.25) is 9.52 Å². The number of nitrogens with zero attached hydrogens (tertiary/aromatic N) is 2. The molecule has 1 N–H and O–H groups in total. The summed E-state index contributed by atoms with van der Waals surface area (Å²) in [4.78, 5) is 19.9. The maximum Gasteiger partial charge on any atom is 0.451 e. The van der Waals surface area contributed by atoms with Crippen molar-refractivity contribution in [2.45, 2.75) is 23.4 Å². The molecule has 0 aliphatic carbocycles. The lowest BCUT2D eigenvalue weighted by molar-refractivity contribution is -0.145. The maximum absolute atomic E-state index is 13.2. The van der Waals surface area contributed by atoms with Gasteiger partial charge in [0.1, 0.15) is 5.03 Å². The highest BCUT2D eigenvalue weighted by molar-refractivity contribution is 8.00. The summed E-state index contributed by atoms with van der Waals surface area (Å²) in [6, 6.07) is 12.1. The summed E-state index contributed by atoms with van der Waals surface area (Å²) >= 11 is 0.908. The number of rotatable bonds is 6. The average molecular weight is 455 g/mol. The van der Waals surface area contributed by atoms with Gasteiger partial charge in [-0.25, -0.2) is 18.4 Å². The van der Waals surface area contributed by atoms with Gasteiger partial charge in [-0.05, 0) is 37.3 Å². The van der Waals surface area contributed by atoms with Crippen molar-refractivity contribution in [2.75, 3.05) is 11.0 Å². The quantitative estimate of drug-likeness (QED) is 0.337. The minimum absolute atomic E-state index is 0.0594. The number of hydrogen-bond donors (Lipinski definition) is 1. The second kappa shape index (κ2) is 8.23. The Labute approximate surface area is 175 Å². The number of anilines is 1. The Balaban J connectivity index is 1.87. The Morgan fingerprint density at radius 1 is 1.07 bits per heavy atom. The fourth-order valence-electron chi connectivity index (χ4n) is 2.64. The third-order valence-electron chi connectivity index (χ3n) is 3.95. The van der Waals surface area contributed by atoms with Crippen LogP contribution in [0.2, 0.25) is 0 Å². The number of halogens is 3. The standard InChI is InChI=1S/C19H16F3N3O3S2/c1-11(16(26)12-7-9-13(10-8-12)25-30(2,27)28)29-17-14-5-3-4-6-15(14)23-18(24-17)19(20,21)22/h3-11,25H,1-2H3. The van der Waals surface area contributed by atoms with Crippen LogP contribution in [0.25, 0.3) is 10.9 Å². The number of hydrogen-bond acceptors (Lipinski definition) is 6. The fraction of sp³-hybridized carbons (Fsp3) is 0.211. The molecule has 0 bridgehead atoms. The first kappa shape index (κ1) is 22.0. The lowest BCUT2D eigenvalue weighted by Crippen LogP contribution is -2.16. The lowest BCUT2D eigenvalue weighted by atomic mass is 10.1. The van der Waals surface area contributed by atoms with Crippen LogP contribution in [-0.4, -0.2) is 35.7 Å². The van der Waals surface area contributed by atoms with E-state index in [9.17, 15) is 26.4 Å². The molecule has 3 rings (SSSR count). The number of carbonyl (C=O) groups excluding carboxylic acids is 1. The molecule has 0 saturated carbocycles. The molecule has 0 aliphatic heterocycles.